The van der Waals surface area contributed by atoms with Crippen molar-refractivity contribution in [2.45, 2.75) is 19.1 Å². The molecule has 0 aliphatic rings. The minimum Gasteiger partial charge on any atom is -0.464 e. The van der Waals surface area contributed by atoms with Crippen molar-refractivity contribution in [1.82, 2.24) is 0 Å². The SMILES string of the molecule is CCOC(=O)C(O)C(O)c1c(Cl)cccc1Br. The standard InChI is InChI=1S/C11H12BrClO4/c1-2-17-11(16)10(15)9(14)8-6(12)4-3-5-7(8)13/h3-5,9-10,14-15H,2H2,1H3. The van der Waals surface area contributed by atoms with Crippen LogP contribution in [0.3, 0.4) is 0 Å². The van der Waals surface area contributed by atoms with E-state index in [1.807, 2.05) is 0 Å². The minimum absolute atomic E-state index is 0.131. The van der Waals surface area contributed by atoms with Gasteiger partial charge in [-0.3, -0.25) is 0 Å². The Morgan fingerprint density at radius 1 is 1.53 bits per heavy atom. The van der Waals surface area contributed by atoms with Crippen LogP contribution in [0.5, 0.6) is 0 Å². The van der Waals surface area contributed by atoms with E-state index < -0.39 is 18.2 Å². The predicted molar refractivity (Wildman–Crippen MR) is 66.8 cm³/mol. The summed E-state index contributed by atoms with van der Waals surface area (Å²) in [6.07, 6.45) is -3.09. The van der Waals surface area contributed by atoms with E-state index >= 15 is 0 Å². The maximum Gasteiger partial charge on any atom is 0.338 e. The molecule has 2 unspecified atom stereocenters. The fourth-order valence-electron chi connectivity index (χ4n) is 1.31. The Balaban J connectivity index is 2.96. The zero-order chi connectivity index (χ0) is 13.0. The Morgan fingerprint density at radius 3 is 2.71 bits per heavy atom. The number of carbonyl (C=O) groups is 1. The van der Waals surface area contributed by atoms with Gasteiger partial charge in [0, 0.05) is 15.1 Å². The molecule has 6 heteroatoms. The van der Waals surface area contributed by atoms with Crippen LogP contribution in [0.4, 0.5) is 0 Å². The van der Waals surface area contributed by atoms with Gasteiger partial charge >= 0.3 is 5.97 Å². The molecule has 2 atom stereocenters. The highest BCUT2D eigenvalue weighted by Gasteiger charge is 2.29. The van der Waals surface area contributed by atoms with E-state index in [4.69, 9.17) is 11.6 Å². The van der Waals surface area contributed by atoms with Crippen LogP contribution in [0.15, 0.2) is 22.7 Å². The van der Waals surface area contributed by atoms with Crippen LogP contribution in [0.1, 0.15) is 18.6 Å². The predicted octanol–water partition coefficient (Wildman–Crippen LogP) is 2.06. The molecule has 0 bridgehead atoms. The molecule has 4 nitrogen and oxygen atoms in total. The van der Waals surface area contributed by atoms with Gasteiger partial charge in [0.25, 0.3) is 0 Å². The summed E-state index contributed by atoms with van der Waals surface area (Å²) in [7, 11) is 0. The van der Waals surface area contributed by atoms with Gasteiger partial charge in [-0.15, -0.1) is 0 Å². The molecule has 1 rings (SSSR count). The van der Waals surface area contributed by atoms with Gasteiger partial charge in [0.15, 0.2) is 6.10 Å². The van der Waals surface area contributed by atoms with E-state index in [0.29, 0.717) is 4.47 Å². The molecule has 0 saturated heterocycles. The Hall–Kier alpha value is -0.620. The first-order valence-corrected chi connectivity index (χ1v) is 6.12. The topological polar surface area (TPSA) is 66.8 Å². The normalized spacial score (nSPS) is 14.2. The molecule has 0 spiro atoms. The van der Waals surface area contributed by atoms with Gasteiger partial charge < -0.3 is 14.9 Å². The van der Waals surface area contributed by atoms with Crippen LogP contribution >= 0.6 is 27.5 Å². The van der Waals surface area contributed by atoms with Crippen LogP contribution < -0.4 is 0 Å². The first-order chi connectivity index (χ1) is 7.99. The minimum atomic E-state index is -1.66. The van der Waals surface area contributed by atoms with Gasteiger partial charge in [-0.2, -0.15) is 0 Å². The van der Waals surface area contributed by atoms with Crippen LogP contribution in [0, 0.1) is 0 Å². The van der Waals surface area contributed by atoms with Gasteiger partial charge in [0.05, 0.1) is 6.61 Å². The maximum atomic E-state index is 11.3. The number of hydrogen-bond acceptors (Lipinski definition) is 4. The quantitative estimate of drug-likeness (QED) is 0.832. The lowest BCUT2D eigenvalue weighted by atomic mass is 10.0. The second-order valence-electron chi connectivity index (χ2n) is 3.28. The van der Waals surface area contributed by atoms with E-state index in [-0.39, 0.29) is 17.2 Å². The van der Waals surface area contributed by atoms with Crippen LogP contribution in [-0.2, 0) is 9.53 Å². The molecule has 0 fully saturated rings. The fourth-order valence-corrected chi connectivity index (χ4v) is 2.31. The summed E-state index contributed by atoms with van der Waals surface area (Å²) >= 11 is 9.09. The summed E-state index contributed by atoms with van der Waals surface area (Å²) in [6, 6.07) is 4.89. The van der Waals surface area contributed by atoms with E-state index in [2.05, 4.69) is 20.7 Å². The second kappa shape index (κ2) is 6.35. The summed E-state index contributed by atoms with van der Waals surface area (Å²) in [5.74, 6) is -0.883. The summed E-state index contributed by atoms with van der Waals surface area (Å²) < 4.78 is 5.13. The van der Waals surface area contributed by atoms with Crippen LogP contribution in [0.25, 0.3) is 0 Å². The molecular formula is C11H12BrClO4. The second-order valence-corrected chi connectivity index (χ2v) is 4.54. The van der Waals surface area contributed by atoms with Crippen LogP contribution in [-0.4, -0.2) is 28.9 Å². The third-order valence-corrected chi connectivity index (χ3v) is 3.14. The largest absolute Gasteiger partial charge is 0.464 e. The summed E-state index contributed by atoms with van der Waals surface area (Å²) in [4.78, 5) is 11.3. The molecule has 0 aromatic heterocycles. The van der Waals surface area contributed by atoms with Crippen molar-refractivity contribution >= 4 is 33.5 Å². The van der Waals surface area contributed by atoms with Gasteiger partial charge in [0.2, 0.25) is 0 Å². The number of esters is 1. The monoisotopic (exact) mass is 322 g/mol. The maximum absolute atomic E-state index is 11.3. The van der Waals surface area contributed by atoms with Crippen molar-refractivity contribution in [3.8, 4) is 0 Å². The molecule has 0 amide bonds. The first-order valence-electron chi connectivity index (χ1n) is 4.95. The summed E-state index contributed by atoms with van der Waals surface area (Å²) in [5, 5.41) is 19.8. The van der Waals surface area contributed by atoms with Crippen molar-refractivity contribution < 1.29 is 19.7 Å². The molecule has 0 saturated carbocycles. The number of aliphatic hydroxyl groups excluding tert-OH is 2. The van der Waals surface area contributed by atoms with E-state index in [1.165, 1.54) is 0 Å². The lowest BCUT2D eigenvalue weighted by Crippen LogP contribution is -2.30. The number of benzene rings is 1. The molecule has 0 aliphatic carbocycles. The van der Waals surface area contributed by atoms with Crippen molar-refractivity contribution in [2.24, 2.45) is 0 Å². The lowest BCUT2D eigenvalue weighted by Gasteiger charge is -2.18. The molecule has 1 aromatic carbocycles. The average Bonchev–Trinajstić information content (AvgIpc) is 2.27. The fraction of sp³-hybridized carbons (Fsp3) is 0.364. The molecule has 94 valence electrons. The zero-order valence-corrected chi connectivity index (χ0v) is 11.4. The smallest absolute Gasteiger partial charge is 0.338 e. The van der Waals surface area contributed by atoms with Crippen molar-refractivity contribution in [3.63, 3.8) is 0 Å². The number of aliphatic hydroxyl groups is 2. The number of halogens is 2. The molecule has 0 aliphatic heterocycles. The third kappa shape index (κ3) is 3.42. The van der Waals surface area contributed by atoms with Crippen LogP contribution in [0.2, 0.25) is 5.02 Å². The molecule has 0 radical (unpaired) electrons. The average molecular weight is 324 g/mol. The number of carbonyl (C=O) groups excluding carboxylic acids is 1. The molecule has 0 heterocycles. The molecular weight excluding hydrogens is 311 g/mol. The Labute approximate surface area is 112 Å². The Morgan fingerprint density at radius 2 is 2.18 bits per heavy atom. The van der Waals surface area contributed by atoms with E-state index in [1.54, 1.807) is 25.1 Å². The van der Waals surface area contributed by atoms with Gasteiger partial charge in [-0.1, -0.05) is 33.6 Å². The zero-order valence-electron chi connectivity index (χ0n) is 9.06. The van der Waals surface area contributed by atoms with Gasteiger partial charge in [-0.05, 0) is 19.1 Å². The molecule has 1 aromatic rings. The van der Waals surface area contributed by atoms with E-state index in [9.17, 15) is 15.0 Å². The van der Waals surface area contributed by atoms with Crippen molar-refractivity contribution in [1.29, 1.82) is 0 Å². The Kier molecular flexibility index (Phi) is 5.39. The highest BCUT2D eigenvalue weighted by Crippen LogP contribution is 2.32. The van der Waals surface area contributed by atoms with Crippen molar-refractivity contribution in [3.05, 3.63) is 33.3 Å². The summed E-state index contributed by atoms with van der Waals surface area (Å²) in [6.45, 7) is 1.74. The number of rotatable bonds is 4. The van der Waals surface area contributed by atoms with Gasteiger partial charge in [-0.25, -0.2) is 4.79 Å². The Bertz CT molecular complexity index is 390. The van der Waals surface area contributed by atoms with E-state index in [0.717, 1.165) is 0 Å². The number of hydrogen-bond donors (Lipinski definition) is 2. The third-order valence-electron chi connectivity index (χ3n) is 2.12. The summed E-state index contributed by atoms with van der Waals surface area (Å²) in [5.41, 5.74) is 0.259. The highest BCUT2D eigenvalue weighted by atomic mass is 79.9. The lowest BCUT2D eigenvalue weighted by molar-refractivity contribution is -0.159. The molecule has 17 heavy (non-hydrogen) atoms. The van der Waals surface area contributed by atoms with Gasteiger partial charge in [0.1, 0.15) is 6.10 Å². The molecule has 2 N–H and O–H groups in total. The highest BCUT2D eigenvalue weighted by molar-refractivity contribution is 9.10. The van der Waals surface area contributed by atoms with Crippen molar-refractivity contribution in [2.75, 3.05) is 6.61 Å². The first kappa shape index (κ1) is 14.4. The number of ether oxygens (including phenoxy) is 1.